The third-order valence-corrected chi connectivity index (χ3v) is 3.33. The van der Waals surface area contributed by atoms with Gasteiger partial charge in [0.05, 0.1) is 0 Å². The summed E-state index contributed by atoms with van der Waals surface area (Å²) in [5.41, 5.74) is 0.638. The van der Waals surface area contributed by atoms with Crippen LogP contribution in [0.2, 0.25) is 0 Å². The number of aliphatic hydroxyl groups is 1. The Balaban J connectivity index is 1.91. The van der Waals surface area contributed by atoms with Crippen LogP contribution >= 0.6 is 0 Å². The van der Waals surface area contributed by atoms with Crippen LogP contribution in [0.3, 0.4) is 0 Å². The molecule has 1 fully saturated rings. The van der Waals surface area contributed by atoms with Gasteiger partial charge in [-0.15, -0.1) is 0 Å². The third-order valence-electron chi connectivity index (χ3n) is 3.33. The minimum absolute atomic E-state index is 0.148. The summed E-state index contributed by atoms with van der Waals surface area (Å²) in [6.45, 7) is 1.93. The Morgan fingerprint density at radius 2 is 2.17 bits per heavy atom. The lowest BCUT2D eigenvalue weighted by Crippen LogP contribution is -2.47. The average molecular weight is 248 g/mol. The molecule has 1 amide bonds. The van der Waals surface area contributed by atoms with E-state index in [1.54, 1.807) is 12.1 Å². The molecule has 4 nitrogen and oxygen atoms in total. The summed E-state index contributed by atoms with van der Waals surface area (Å²) in [5, 5.41) is 12.9. The first-order valence-corrected chi connectivity index (χ1v) is 6.39. The number of hydrogen-bond donors (Lipinski definition) is 2. The van der Waals surface area contributed by atoms with Gasteiger partial charge in [-0.3, -0.25) is 4.79 Å². The fraction of sp³-hybridized carbons (Fsp3) is 0.500. The van der Waals surface area contributed by atoms with Gasteiger partial charge in [-0.2, -0.15) is 0 Å². The molecule has 1 heterocycles. The summed E-state index contributed by atoms with van der Waals surface area (Å²) in [7, 11) is 2.05. The van der Waals surface area contributed by atoms with Crippen LogP contribution < -0.4 is 5.32 Å². The van der Waals surface area contributed by atoms with Gasteiger partial charge in [0, 0.05) is 12.6 Å². The van der Waals surface area contributed by atoms with E-state index in [4.69, 9.17) is 0 Å². The van der Waals surface area contributed by atoms with Crippen molar-refractivity contribution in [1.29, 1.82) is 0 Å². The number of aliphatic hydroxyl groups excluding tert-OH is 1. The van der Waals surface area contributed by atoms with Crippen molar-refractivity contribution < 1.29 is 9.90 Å². The van der Waals surface area contributed by atoms with Crippen molar-refractivity contribution in [2.45, 2.75) is 25.0 Å². The molecule has 2 N–H and O–H groups in total. The van der Waals surface area contributed by atoms with Crippen LogP contribution in [0.25, 0.3) is 0 Å². The van der Waals surface area contributed by atoms with Crippen molar-refractivity contribution >= 4 is 5.91 Å². The number of carbonyl (C=O) groups excluding carboxylic acids is 1. The molecule has 0 saturated carbocycles. The van der Waals surface area contributed by atoms with E-state index in [1.807, 2.05) is 25.2 Å². The molecular formula is C14H20N2O2. The Kier molecular flexibility index (Phi) is 4.33. The summed E-state index contributed by atoms with van der Waals surface area (Å²) in [4.78, 5) is 14.1. The van der Waals surface area contributed by atoms with Gasteiger partial charge in [-0.05, 0) is 32.0 Å². The number of nitrogens with one attached hydrogen (secondary N) is 1. The molecule has 2 rings (SSSR count). The van der Waals surface area contributed by atoms with Crippen molar-refractivity contribution in [3.05, 3.63) is 35.9 Å². The lowest BCUT2D eigenvalue weighted by Gasteiger charge is -2.30. The quantitative estimate of drug-likeness (QED) is 0.836. The zero-order valence-electron chi connectivity index (χ0n) is 10.7. The van der Waals surface area contributed by atoms with Crippen LogP contribution in [0, 0.1) is 0 Å². The average Bonchev–Trinajstić information content (AvgIpc) is 2.39. The van der Waals surface area contributed by atoms with E-state index in [1.165, 1.54) is 0 Å². The highest BCUT2D eigenvalue weighted by atomic mass is 16.3. The second kappa shape index (κ2) is 5.98. The molecule has 0 aliphatic carbocycles. The van der Waals surface area contributed by atoms with Gasteiger partial charge in [0.15, 0.2) is 6.10 Å². The van der Waals surface area contributed by atoms with E-state index in [0.29, 0.717) is 5.56 Å². The Morgan fingerprint density at radius 3 is 2.83 bits per heavy atom. The molecule has 0 bridgehead atoms. The van der Waals surface area contributed by atoms with Crippen molar-refractivity contribution in [1.82, 2.24) is 10.2 Å². The standard InChI is InChI=1S/C14H20N2O2/c1-16-9-5-8-12(10-16)15-14(18)13(17)11-6-3-2-4-7-11/h2-4,6-7,12-13,17H,5,8-10H2,1H3,(H,15,18)/t12?,13-/m1/s1. The zero-order chi connectivity index (χ0) is 13.0. The van der Waals surface area contributed by atoms with Gasteiger partial charge in [-0.25, -0.2) is 0 Å². The largest absolute Gasteiger partial charge is 0.378 e. The van der Waals surface area contributed by atoms with E-state index < -0.39 is 6.10 Å². The topological polar surface area (TPSA) is 52.6 Å². The second-order valence-electron chi connectivity index (χ2n) is 4.92. The van der Waals surface area contributed by atoms with Crippen LogP contribution in [0.15, 0.2) is 30.3 Å². The number of piperidine rings is 1. The molecule has 1 aromatic rings. The molecule has 98 valence electrons. The molecule has 1 unspecified atom stereocenters. The normalized spacial score (nSPS) is 22.4. The van der Waals surface area contributed by atoms with Gasteiger partial charge in [-0.1, -0.05) is 30.3 Å². The first-order valence-electron chi connectivity index (χ1n) is 6.39. The number of likely N-dealkylation sites (tertiary alicyclic amines) is 1. The van der Waals surface area contributed by atoms with Gasteiger partial charge in [0.25, 0.3) is 5.91 Å². The minimum Gasteiger partial charge on any atom is -0.378 e. The first-order chi connectivity index (χ1) is 8.66. The van der Waals surface area contributed by atoms with Gasteiger partial charge >= 0.3 is 0 Å². The maximum Gasteiger partial charge on any atom is 0.253 e. The van der Waals surface area contributed by atoms with Crippen LogP contribution in [0.4, 0.5) is 0 Å². The molecule has 0 spiro atoms. The van der Waals surface area contributed by atoms with Crippen LogP contribution in [0.1, 0.15) is 24.5 Å². The van der Waals surface area contributed by atoms with E-state index in [0.717, 1.165) is 25.9 Å². The summed E-state index contributed by atoms with van der Waals surface area (Å²) in [6, 6.07) is 9.17. The Labute approximate surface area is 108 Å². The van der Waals surface area contributed by atoms with Crippen molar-refractivity contribution in [3.63, 3.8) is 0 Å². The lowest BCUT2D eigenvalue weighted by atomic mass is 10.0. The number of nitrogens with zero attached hydrogens (tertiary/aromatic N) is 1. The maximum atomic E-state index is 11.9. The maximum absolute atomic E-state index is 11.9. The molecule has 18 heavy (non-hydrogen) atoms. The van der Waals surface area contributed by atoms with Crippen molar-refractivity contribution in [2.24, 2.45) is 0 Å². The van der Waals surface area contributed by atoms with E-state index in [2.05, 4.69) is 10.2 Å². The molecule has 2 atom stereocenters. The fourth-order valence-electron chi connectivity index (χ4n) is 2.35. The highest BCUT2D eigenvalue weighted by Gasteiger charge is 2.23. The van der Waals surface area contributed by atoms with Crippen LogP contribution in [-0.4, -0.2) is 42.1 Å². The van der Waals surface area contributed by atoms with Gasteiger partial charge < -0.3 is 15.3 Å². The fourth-order valence-corrected chi connectivity index (χ4v) is 2.35. The molecule has 0 aromatic heterocycles. The predicted molar refractivity (Wildman–Crippen MR) is 70.1 cm³/mol. The predicted octanol–water partition coefficient (Wildman–Crippen LogP) is 0.930. The molecule has 1 aliphatic rings. The molecule has 0 radical (unpaired) electrons. The molecule has 1 saturated heterocycles. The minimum atomic E-state index is -1.07. The van der Waals surface area contributed by atoms with Crippen molar-refractivity contribution in [2.75, 3.05) is 20.1 Å². The zero-order valence-corrected chi connectivity index (χ0v) is 10.7. The highest BCUT2D eigenvalue weighted by Crippen LogP contribution is 2.14. The third kappa shape index (κ3) is 3.31. The van der Waals surface area contributed by atoms with Gasteiger partial charge in [0.2, 0.25) is 0 Å². The number of likely N-dealkylation sites (N-methyl/N-ethyl adjacent to an activating group) is 1. The lowest BCUT2D eigenvalue weighted by molar-refractivity contribution is -0.130. The SMILES string of the molecule is CN1CCCC(NC(=O)[C@H](O)c2ccccc2)C1. The Morgan fingerprint density at radius 1 is 1.44 bits per heavy atom. The summed E-state index contributed by atoms with van der Waals surface area (Å²) in [6.07, 6.45) is 0.999. The van der Waals surface area contributed by atoms with Crippen LogP contribution in [0.5, 0.6) is 0 Å². The number of hydrogen-bond acceptors (Lipinski definition) is 3. The number of carbonyl (C=O) groups is 1. The van der Waals surface area contributed by atoms with Gasteiger partial charge in [0.1, 0.15) is 0 Å². The molecule has 1 aliphatic heterocycles. The summed E-state index contributed by atoms with van der Waals surface area (Å²) in [5.74, 6) is -0.304. The second-order valence-corrected chi connectivity index (χ2v) is 4.92. The summed E-state index contributed by atoms with van der Waals surface area (Å²) >= 11 is 0. The van der Waals surface area contributed by atoms with E-state index in [9.17, 15) is 9.90 Å². The first kappa shape index (κ1) is 13.1. The monoisotopic (exact) mass is 248 g/mol. The smallest absolute Gasteiger partial charge is 0.253 e. The molecule has 1 aromatic carbocycles. The van der Waals surface area contributed by atoms with E-state index >= 15 is 0 Å². The molecular weight excluding hydrogens is 228 g/mol. The Bertz CT molecular complexity index is 394. The highest BCUT2D eigenvalue weighted by molar-refractivity contribution is 5.82. The van der Waals surface area contributed by atoms with E-state index in [-0.39, 0.29) is 11.9 Å². The number of rotatable bonds is 3. The van der Waals surface area contributed by atoms with Crippen molar-refractivity contribution in [3.8, 4) is 0 Å². The number of amides is 1. The summed E-state index contributed by atoms with van der Waals surface area (Å²) < 4.78 is 0. The molecule has 4 heteroatoms. The number of benzene rings is 1. The Hall–Kier alpha value is -1.39. The van der Waals surface area contributed by atoms with Crippen LogP contribution in [-0.2, 0) is 4.79 Å².